The van der Waals surface area contributed by atoms with E-state index in [1.54, 1.807) is 12.4 Å². The van der Waals surface area contributed by atoms with E-state index in [0.29, 0.717) is 0 Å². The predicted molar refractivity (Wildman–Crippen MR) is 61.1 cm³/mol. The maximum Gasteiger partial charge on any atom is 0.317 e. The van der Waals surface area contributed by atoms with Crippen molar-refractivity contribution in [1.82, 2.24) is 9.55 Å². The molecule has 4 heteroatoms. The summed E-state index contributed by atoms with van der Waals surface area (Å²) in [5, 5.41) is 0. The minimum Gasteiger partial charge on any atom is -0.477 e. The zero-order valence-electron chi connectivity index (χ0n) is 9.18. The Bertz CT molecular complexity index is 561. The third kappa shape index (κ3) is 1.82. The van der Waals surface area contributed by atoms with Gasteiger partial charge in [-0.05, 0) is 24.6 Å². The average Bonchev–Trinajstić information content (AvgIpc) is 2.29. The van der Waals surface area contributed by atoms with E-state index in [-0.39, 0.29) is 11.4 Å². The van der Waals surface area contributed by atoms with Crippen LogP contribution in [-0.2, 0) is 0 Å². The van der Waals surface area contributed by atoms with Crippen LogP contribution in [0.5, 0.6) is 5.88 Å². The van der Waals surface area contributed by atoms with Gasteiger partial charge in [0.1, 0.15) is 0 Å². The first kappa shape index (κ1) is 10.4. The molecule has 0 saturated carbocycles. The first-order valence-corrected chi connectivity index (χ1v) is 4.91. The van der Waals surface area contributed by atoms with Crippen LogP contribution in [0.4, 0.5) is 0 Å². The van der Waals surface area contributed by atoms with Crippen molar-refractivity contribution in [3.8, 4) is 11.6 Å². The van der Waals surface area contributed by atoms with Crippen molar-refractivity contribution in [2.75, 3.05) is 7.11 Å². The molecule has 82 valence electrons. The lowest BCUT2D eigenvalue weighted by Crippen LogP contribution is -2.20. The van der Waals surface area contributed by atoms with Crippen LogP contribution in [0.25, 0.3) is 5.69 Å². The summed E-state index contributed by atoms with van der Waals surface area (Å²) in [6, 6.07) is 7.69. The highest BCUT2D eigenvalue weighted by Gasteiger charge is 2.05. The molecule has 2 rings (SSSR count). The molecular weight excluding hydrogens is 204 g/mol. The highest BCUT2D eigenvalue weighted by atomic mass is 16.5. The average molecular weight is 216 g/mol. The Morgan fingerprint density at radius 2 is 2.19 bits per heavy atom. The highest BCUT2D eigenvalue weighted by Crippen LogP contribution is 2.08. The second-order valence-electron chi connectivity index (χ2n) is 3.45. The first-order valence-electron chi connectivity index (χ1n) is 4.91. The van der Waals surface area contributed by atoms with Crippen molar-refractivity contribution >= 4 is 0 Å². The van der Waals surface area contributed by atoms with Gasteiger partial charge >= 0.3 is 5.56 Å². The third-order valence-corrected chi connectivity index (χ3v) is 2.28. The van der Waals surface area contributed by atoms with Crippen molar-refractivity contribution in [2.24, 2.45) is 0 Å². The molecule has 0 N–H and O–H groups in total. The number of ether oxygens (including phenoxy) is 1. The van der Waals surface area contributed by atoms with E-state index in [9.17, 15) is 4.79 Å². The summed E-state index contributed by atoms with van der Waals surface area (Å²) in [6.07, 6.45) is 3.17. The van der Waals surface area contributed by atoms with Crippen LogP contribution in [0.3, 0.4) is 0 Å². The summed E-state index contributed by atoms with van der Waals surface area (Å²) in [5.41, 5.74) is 1.65. The Morgan fingerprint density at radius 1 is 1.38 bits per heavy atom. The number of aryl methyl sites for hydroxylation is 1. The van der Waals surface area contributed by atoms with Crippen molar-refractivity contribution in [3.63, 3.8) is 0 Å². The van der Waals surface area contributed by atoms with Gasteiger partial charge in [-0.25, -0.2) is 4.98 Å². The zero-order chi connectivity index (χ0) is 11.5. The van der Waals surface area contributed by atoms with E-state index >= 15 is 0 Å². The molecule has 1 heterocycles. The number of rotatable bonds is 2. The molecule has 4 nitrogen and oxygen atoms in total. The standard InChI is InChI=1S/C12H12N2O2/c1-9-4-3-5-10(8-9)14-7-6-13-11(16-2)12(14)15/h3-8H,1-2H3. The monoisotopic (exact) mass is 216 g/mol. The molecule has 0 spiro atoms. The van der Waals surface area contributed by atoms with Crippen LogP contribution in [0.1, 0.15) is 5.56 Å². The molecule has 0 fully saturated rings. The number of benzene rings is 1. The molecule has 0 aliphatic carbocycles. The number of hydrogen-bond donors (Lipinski definition) is 0. The predicted octanol–water partition coefficient (Wildman–Crippen LogP) is 1.55. The topological polar surface area (TPSA) is 44.1 Å². The Labute approximate surface area is 93.1 Å². The number of methoxy groups -OCH3 is 1. The van der Waals surface area contributed by atoms with Crippen LogP contribution >= 0.6 is 0 Å². The molecule has 0 amide bonds. The largest absolute Gasteiger partial charge is 0.477 e. The lowest BCUT2D eigenvalue weighted by Gasteiger charge is -2.07. The lowest BCUT2D eigenvalue weighted by molar-refractivity contribution is 0.388. The van der Waals surface area contributed by atoms with Crippen LogP contribution in [0, 0.1) is 6.92 Å². The number of hydrogen-bond acceptors (Lipinski definition) is 3. The van der Waals surface area contributed by atoms with E-state index in [4.69, 9.17) is 4.74 Å². The fourth-order valence-electron chi connectivity index (χ4n) is 1.51. The summed E-state index contributed by atoms with van der Waals surface area (Å²) in [4.78, 5) is 15.7. The molecule has 1 aromatic carbocycles. The van der Waals surface area contributed by atoms with E-state index < -0.39 is 0 Å². The second kappa shape index (κ2) is 4.18. The minimum atomic E-state index is -0.254. The quantitative estimate of drug-likeness (QED) is 0.765. The summed E-state index contributed by atoms with van der Waals surface area (Å²) in [6.45, 7) is 1.98. The van der Waals surface area contributed by atoms with Gasteiger partial charge < -0.3 is 4.74 Å². The van der Waals surface area contributed by atoms with Crippen LogP contribution in [-0.4, -0.2) is 16.7 Å². The molecule has 0 saturated heterocycles. The molecule has 0 unspecified atom stereocenters. The number of nitrogens with zero attached hydrogens (tertiary/aromatic N) is 2. The Balaban J connectivity index is 2.61. The molecule has 0 aliphatic rings. The Morgan fingerprint density at radius 3 is 2.88 bits per heavy atom. The smallest absolute Gasteiger partial charge is 0.317 e. The van der Waals surface area contributed by atoms with Crippen LogP contribution < -0.4 is 10.3 Å². The van der Waals surface area contributed by atoms with E-state index in [1.807, 2.05) is 31.2 Å². The zero-order valence-corrected chi connectivity index (χ0v) is 9.18. The van der Waals surface area contributed by atoms with E-state index in [0.717, 1.165) is 11.3 Å². The fraction of sp³-hybridized carbons (Fsp3) is 0.167. The highest BCUT2D eigenvalue weighted by molar-refractivity contribution is 5.36. The van der Waals surface area contributed by atoms with Crippen molar-refractivity contribution in [1.29, 1.82) is 0 Å². The molecule has 1 aromatic heterocycles. The fourth-order valence-corrected chi connectivity index (χ4v) is 1.51. The molecule has 0 atom stereocenters. The summed E-state index contributed by atoms with van der Waals surface area (Å²) < 4.78 is 6.41. The Hall–Kier alpha value is -2.10. The van der Waals surface area contributed by atoms with Gasteiger partial charge in [-0.1, -0.05) is 12.1 Å². The van der Waals surface area contributed by atoms with E-state index in [2.05, 4.69) is 4.98 Å². The van der Waals surface area contributed by atoms with Gasteiger partial charge in [0.05, 0.1) is 7.11 Å². The van der Waals surface area contributed by atoms with Crippen LogP contribution in [0.2, 0.25) is 0 Å². The van der Waals surface area contributed by atoms with Gasteiger partial charge in [0.25, 0.3) is 5.88 Å². The molecule has 0 radical (unpaired) electrons. The van der Waals surface area contributed by atoms with Gasteiger partial charge in [-0.15, -0.1) is 0 Å². The second-order valence-corrected chi connectivity index (χ2v) is 3.45. The van der Waals surface area contributed by atoms with Crippen LogP contribution in [0.15, 0.2) is 41.5 Å². The Kier molecular flexibility index (Phi) is 2.72. The minimum absolute atomic E-state index is 0.101. The summed E-state index contributed by atoms with van der Waals surface area (Å²) in [7, 11) is 1.43. The first-order chi connectivity index (χ1) is 7.72. The van der Waals surface area contributed by atoms with E-state index in [1.165, 1.54) is 11.7 Å². The van der Waals surface area contributed by atoms with Gasteiger partial charge in [0.15, 0.2) is 0 Å². The van der Waals surface area contributed by atoms with Gasteiger partial charge in [0, 0.05) is 18.1 Å². The molecule has 2 aromatic rings. The third-order valence-electron chi connectivity index (χ3n) is 2.28. The van der Waals surface area contributed by atoms with Crippen molar-refractivity contribution in [3.05, 3.63) is 52.6 Å². The molecule has 16 heavy (non-hydrogen) atoms. The molecule has 0 bridgehead atoms. The molecule has 0 aliphatic heterocycles. The maximum absolute atomic E-state index is 11.9. The summed E-state index contributed by atoms with van der Waals surface area (Å²) in [5.74, 6) is 0.101. The van der Waals surface area contributed by atoms with Crippen molar-refractivity contribution < 1.29 is 4.74 Å². The van der Waals surface area contributed by atoms with Crippen molar-refractivity contribution in [2.45, 2.75) is 6.92 Å². The maximum atomic E-state index is 11.9. The van der Waals surface area contributed by atoms with Gasteiger partial charge in [-0.3, -0.25) is 9.36 Å². The lowest BCUT2D eigenvalue weighted by atomic mass is 10.2. The normalized spacial score (nSPS) is 10.1. The number of aromatic nitrogens is 2. The van der Waals surface area contributed by atoms with Gasteiger partial charge in [-0.2, -0.15) is 0 Å². The van der Waals surface area contributed by atoms with Gasteiger partial charge in [0.2, 0.25) is 0 Å². The SMILES string of the molecule is COc1nccn(-c2cccc(C)c2)c1=O. The molecular formula is C12H12N2O2. The summed E-state index contributed by atoms with van der Waals surface area (Å²) >= 11 is 0.